The van der Waals surface area contributed by atoms with Gasteiger partial charge in [0.15, 0.2) is 0 Å². The number of imidazole rings is 1. The molecule has 1 N–H and O–H groups in total. The van der Waals surface area contributed by atoms with E-state index >= 15 is 0 Å². The summed E-state index contributed by atoms with van der Waals surface area (Å²) in [6, 6.07) is 3.25. The molecule has 6 nitrogen and oxygen atoms in total. The molecule has 0 fully saturated rings. The summed E-state index contributed by atoms with van der Waals surface area (Å²) >= 11 is 0. The van der Waals surface area contributed by atoms with E-state index in [2.05, 4.69) is 10.3 Å². The fourth-order valence-electron chi connectivity index (χ4n) is 1.81. The number of benzene rings is 1. The molecule has 0 saturated heterocycles. The number of rotatable bonds is 5. The van der Waals surface area contributed by atoms with Crippen LogP contribution in [0.5, 0.6) is 0 Å². The summed E-state index contributed by atoms with van der Waals surface area (Å²) in [6.45, 7) is 2.43. The number of nitro groups is 1. The van der Waals surface area contributed by atoms with E-state index in [0.29, 0.717) is 6.54 Å². The number of nitro benzene ring substituents is 1. The molecule has 0 aliphatic heterocycles. The smallest absolute Gasteiger partial charge is 0.292 e. The third kappa shape index (κ3) is 3.27. The molecule has 1 aromatic carbocycles. The van der Waals surface area contributed by atoms with Gasteiger partial charge >= 0.3 is 0 Å². The lowest BCUT2D eigenvalue weighted by molar-refractivity contribution is -0.384. The molecule has 1 atom stereocenters. The quantitative estimate of drug-likeness (QED) is 0.665. The van der Waals surface area contributed by atoms with Gasteiger partial charge in [-0.15, -0.1) is 0 Å². The number of halogens is 1. The topological polar surface area (TPSA) is 73.0 Å². The zero-order valence-corrected chi connectivity index (χ0v) is 10.3. The normalized spacial score (nSPS) is 12.1. The minimum atomic E-state index is -0.536. The highest BCUT2D eigenvalue weighted by Gasteiger charge is 2.16. The average molecular weight is 264 g/mol. The molecular formula is C12H13FN4O2. The molecule has 19 heavy (non-hydrogen) atoms. The van der Waals surface area contributed by atoms with Crippen molar-refractivity contribution in [3.63, 3.8) is 0 Å². The summed E-state index contributed by atoms with van der Waals surface area (Å²) < 4.78 is 15.0. The molecule has 0 radical (unpaired) electrons. The maximum Gasteiger partial charge on any atom is 0.292 e. The predicted molar refractivity (Wildman–Crippen MR) is 68.4 cm³/mol. The molecule has 1 aromatic heterocycles. The fourth-order valence-corrected chi connectivity index (χ4v) is 1.81. The van der Waals surface area contributed by atoms with Crippen LogP contribution in [0.3, 0.4) is 0 Å². The van der Waals surface area contributed by atoms with E-state index in [1.165, 1.54) is 0 Å². The van der Waals surface area contributed by atoms with E-state index in [1.54, 1.807) is 18.7 Å². The standard InChI is InChI=1S/C12H13FN4O2/c1-9(7-16-5-4-14-8-16)15-11-6-10(13)2-3-12(11)17(18)19/h2-6,8-9,15H,7H2,1H3. The van der Waals surface area contributed by atoms with E-state index in [-0.39, 0.29) is 17.4 Å². The molecule has 2 rings (SSSR count). The number of hydrogen-bond acceptors (Lipinski definition) is 4. The largest absolute Gasteiger partial charge is 0.375 e. The zero-order valence-electron chi connectivity index (χ0n) is 10.3. The molecule has 0 amide bonds. The van der Waals surface area contributed by atoms with E-state index in [1.807, 2.05) is 11.5 Å². The van der Waals surface area contributed by atoms with Crippen molar-refractivity contribution >= 4 is 11.4 Å². The van der Waals surface area contributed by atoms with Gasteiger partial charge in [-0.1, -0.05) is 0 Å². The molecule has 0 bridgehead atoms. The van der Waals surface area contributed by atoms with Crippen LogP contribution >= 0.6 is 0 Å². The third-order valence-corrected chi connectivity index (χ3v) is 2.60. The monoisotopic (exact) mass is 264 g/mol. The average Bonchev–Trinajstić information content (AvgIpc) is 2.81. The Kier molecular flexibility index (Phi) is 3.74. The zero-order chi connectivity index (χ0) is 13.8. The maximum absolute atomic E-state index is 13.2. The van der Waals surface area contributed by atoms with Gasteiger partial charge in [-0.2, -0.15) is 0 Å². The van der Waals surface area contributed by atoms with Crippen LogP contribution in [0.1, 0.15) is 6.92 Å². The van der Waals surface area contributed by atoms with Crippen LogP contribution in [0, 0.1) is 15.9 Å². The number of anilines is 1. The van der Waals surface area contributed by atoms with Crippen molar-refractivity contribution < 1.29 is 9.31 Å². The predicted octanol–water partition coefficient (Wildman–Crippen LogP) is 2.43. The van der Waals surface area contributed by atoms with Crippen LogP contribution in [0.25, 0.3) is 0 Å². The fraction of sp³-hybridized carbons (Fsp3) is 0.250. The SMILES string of the molecule is CC(Cn1ccnc1)Nc1cc(F)ccc1[N+](=O)[O-]. The third-order valence-electron chi connectivity index (χ3n) is 2.60. The highest BCUT2D eigenvalue weighted by Crippen LogP contribution is 2.25. The summed E-state index contributed by atoms with van der Waals surface area (Å²) in [5.74, 6) is -0.511. The second-order valence-electron chi connectivity index (χ2n) is 4.22. The van der Waals surface area contributed by atoms with E-state index in [4.69, 9.17) is 0 Å². The van der Waals surface area contributed by atoms with Crippen molar-refractivity contribution in [1.29, 1.82) is 0 Å². The first-order valence-electron chi connectivity index (χ1n) is 5.72. The second-order valence-corrected chi connectivity index (χ2v) is 4.22. The van der Waals surface area contributed by atoms with Gasteiger partial charge in [0.25, 0.3) is 5.69 Å². The van der Waals surface area contributed by atoms with Crippen LogP contribution in [-0.2, 0) is 6.54 Å². The highest BCUT2D eigenvalue weighted by molar-refractivity contribution is 5.61. The van der Waals surface area contributed by atoms with Gasteiger partial charge < -0.3 is 9.88 Å². The molecule has 1 unspecified atom stereocenters. The van der Waals surface area contributed by atoms with Crippen molar-refractivity contribution in [2.75, 3.05) is 5.32 Å². The first-order chi connectivity index (χ1) is 9.06. The Morgan fingerprint density at radius 2 is 2.37 bits per heavy atom. The van der Waals surface area contributed by atoms with Crippen molar-refractivity contribution in [2.45, 2.75) is 19.5 Å². The Hall–Kier alpha value is -2.44. The Labute approximate surface area is 109 Å². The van der Waals surface area contributed by atoms with Crippen LogP contribution < -0.4 is 5.32 Å². The first kappa shape index (κ1) is 13.0. The number of hydrogen-bond donors (Lipinski definition) is 1. The summed E-state index contributed by atoms with van der Waals surface area (Å²) in [5.41, 5.74) is 0.0384. The first-order valence-corrected chi connectivity index (χ1v) is 5.72. The molecule has 2 aromatic rings. The van der Waals surface area contributed by atoms with Gasteiger partial charge in [-0.05, 0) is 13.0 Å². The lowest BCUT2D eigenvalue weighted by Crippen LogP contribution is -2.21. The van der Waals surface area contributed by atoms with E-state index < -0.39 is 10.7 Å². The maximum atomic E-state index is 13.2. The van der Waals surface area contributed by atoms with Gasteiger partial charge in [0.1, 0.15) is 11.5 Å². The van der Waals surface area contributed by atoms with Crippen LogP contribution in [-0.4, -0.2) is 20.5 Å². The van der Waals surface area contributed by atoms with Gasteiger partial charge in [0.05, 0.1) is 11.3 Å². The second kappa shape index (κ2) is 5.47. The molecular weight excluding hydrogens is 251 g/mol. The van der Waals surface area contributed by atoms with Crippen LogP contribution in [0.15, 0.2) is 36.9 Å². The molecule has 0 spiro atoms. The Bertz CT molecular complexity index is 571. The Balaban J connectivity index is 2.13. The molecule has 1 heterocycles. The molecule has 0 saturated carbocycles. The van der Waals surface area contributed by atoms with E-state index in [9.17, 15) is 14.5 Å². The van der Waals surface area contributed by atoms with Crippen LogP contribution in [0.2, 0.25) is 0 Å². The lowest BCUT2D eigenvalue weighted by Gasteiger charge is -2.15. The molecule has 7 heteroatoms. The van der Waals surface area contributed by atoms with Crippen molar-refractivity contribution in [3.8, 4) is 0 Å². The summed E-state index contributed by atoms with van der Waals surface area (Å²) in [7, 11) is 0. The molecule has 0 aliphatic rings. The van der Waals surface area contributed by atoms with Gasteiger partial charge in [0, 0.05) is 37.1 Å². The van der Waals surface area contributed by atoms with Crippen molar-refractivity contribution in [3.05, 3.63) is 52.9 Å². The van der Waals surface area contributed by atoms with Gasteiger partial charge in [-0.25, -0.2) is 9.37 Å². The molecule has 0 aliphatic carbocycles. The number of nitrogens with zero attached hydrogens (tertiary/aromatic N) is 3. The van der Waals surface area contributed by atoms with E-state index in [0.717, 1.165) is 18.2 Å². The highest BCUT2D eigenvalue weighted by atomic mass is 19.1. The van der Waals surface area contributed by atoms with Crippen LogP contribution in [0.4, 0.5) is 15.8 Å². The number of nitrogens with one attached hydrogen (secondary N) is 1. The summed E-state index contributed by atoms with van der Waals surface area (Å²) in [5, 5.41) is 13.8. The Morgan fingerprint density at radius 1 is 1.58 bits per heavy atom. The van der Waals surface area contributed by atoms with Gasteiger partial charge in [0.2, 0.25) is 0 Å². The Morgan fingerprint density at radius 3 is 3.00 bits per heavy atom. The molecule has 100 valence electrons. The minimum absolute atomic E-state index is 0.102. The lowest BCUT2D eigenvalue weighted by atomic mass is 10.2. The van der Waals surface area contributed by atoms with Crippen molar-refractivity contribution in [2.24, 2.45) is 0 Å². The number of aromatic nitrogens is 2. The van der Waals surface area contributed by atoms with Crippen molar-refractivity contribution in [1.82, 2.24) is 9.55 Å². The summed E-state index contributed by atoms with van der Waals surface area (Å²) in [6.07, 6.45) is 5.09. The minimum Gasteiger partial charge on any atom is -0.375 e. The summed E-state index contributed by atoms with van der Waals surface area (Å²) in [4.78, 5) is 14.2. The van der Waals surface area contributed by atoms with Gasteiger partial charge in [-0.3, -0.25) is 10.1 Å².